The first-order valence-corrected chi connectivity index (χ1v) is 12.9. The van der Waals surface area contributed by atoms with Crippen LogP contribution in [0.5, 0.6) is 0 Å². The fourth-order valence-electron chi connectivity index (χ4n) is 4.43. The third kappa shape index (κ3) is 7.01. The first-order valence-electron chi connectivity index (χ1n) is 12.9. The Kier molecular flexibility index (Phi) is 9.16. The fraction of sp³-hybridized carbons (Fsp3) is 0.290. The van der Waals surface area contributed by atoms with Crippen LogP contribution < -0.4 is 5.32 Å². The van der Waals surface area contributed by atoms with Crippen LogP contribution in [-0.2, 0) is 22.5 Å². The predicted molar refractivity (Wildman–Crippen MR) is 152 cm³/mol. The van der Waals surface area contributed by atoms with Crippen LogP contribution in [0, 0.1) is 13.8 Å². The highest BCUT2D eigenvalue weighted by atomic mass is 16.5. The summed E-state index contributed by atoms with van der Waals surface area (Å²) in [6.45, 7) is 5.64. The molecule has 0 fully saturated rings. The lowest BCUT2D eigenvalue weighted by Gasteiger charge is -2.28. The van der Waals surface area contributed by atoms with Crippen LogP contribution in [0.25, 0.3) is 10.9 Å². The lowest BCUT2D eigenvalue weighted by molar-refractivity contribution is -0.132. The van der Waals surface area contributed by atoms with E-state index < -0.39 is 0 Å². The van der Waals surface area contributed by atoms with Gasteiger partial charge in [-0.3, -0.25) is 4.79 Å². The molecule has 0 aliphatic heterocycles. The second-order valence-corrected chi connectivity index (χ2v) is 9.55. The number of benzene rings is 3. The van der Waals surface area contributed by atoms with Crippen molar-refractivity contribution in [2.75, 3.05) is 38.7 Å². The van der Waals surface area contributed by atoms with Crippen LogP contribution in [0.4, 0.5) is 10.5 Å². The van der Waals surface area contributed by atoms with E-state index in [0.29, 0.717) is 38.3 Å². The Morgan fingerprint density at radius 1 is 0.895 bits per heavy atom. The molecule has 4 aromatic rings. The molecule has 4 rings (SSSR count). The Labute approximate surface area is 224 Å². The summed E-state index contributed by atoms with van der Waals surface area (Å²) in [5.74, 6) is -0.111. The van der Waals surface area contributed by atoms with Crippen molar-refractivity contribution in [3.8, 4) is 0 Å². The molecule has 3 aromatic carbocycles. The van der Waals surface area contributed by atoms with Crippen molar-refractivity contribution >= 4 is 28.5 Å². The molecule has 0 aliphatic carbocycles. The number of ether oxygens (including phenoxy) is 1. The molecule has 2 N–H and O–H groups in total. The lowest BCUT2D eigenvalue weighted by Crippen LogP contribution is -2.46. The number of methoxy groups -OCH3 is 1. The highest BCUT2D eigenvalue weighted by molar-refractivity contribution is 5.92. The number of H-pyrrole nitrogens is 1. The summed E-state index contributed by atoms with van der Waals surface area (Å²) in [5, 5.41) is 4.11. The van der Waals surface area contributed by atoms with Gasteiger partial charge >= 0.3 is 6.03 Å². The monoisotopic (exact) mass is 512 g/mol. The van der Waals surface area contributed by atoms with Crippen molar-refractivity contribution in [3.63, 3.8) is 0 Å². The maximum atomic E-state index is 13.7. The zero-order valence-corrected chi connectivity index (χ0v) is 22.4. The van der Waals surface area contributed by atoms with Crippen molar-refractivity contribution < 1.29 is 14.3 Å². The summed E-state index contributed by atoms with van der Waals surface area (Å²) in [6, 6.07) is 23.6. The second-order valence-electron chi connectivity index (χ2n) is 9.55. The zero-order chi connectivity index (χ0) is 26.9. The van der Waals surface area contributed by atoms with Gasteiger partial charge in [0.1, 0.15) is 6.54 Å². The maximum absolute atomic E-state index is 13.7. The molecule has 0 aliphatic rings. The topological polar surface area (TPSA) is 77.7 Å². The van der Waals surface area contributed by atoms with Crippen molar-refractivity contribution in [2.24, 2.45) is 0 Å². The molecule has 198 valence electrons. The van der Waals surface area contributed by atoms with E-state index in [-0.39, 0.29) is 18.5 Å². The number of urea groups is 1. The van der Waals surface area contributed by atoms with Gasteiger partial charge in [-0.15, -0.1) is 0 Å². The van der Waals surface area contributed by atoms with Gasteiger partial charge in [0.25, 0.3) is 0 Å². The van der Waals surface area contributed by atoms with E-state index in [1.807, 2.05) is 91.7 Å². The number of nitrogens with zero attached hydrogens (tertiary/aromatic N) is 2. The number of aromatic amines is 1. The number of aryl methyl sites for hydroxylation is 2. The number of hydrogen-bond donors (Lipinski definition) is 2. The van der Waals surface area contributed by atoms with Gasteiger partial charge < -0.3 is 24.8 Å². The average molecular weight is 513 g/mol. The highest BCUT2D eigenvalue weighted by Crippen LogP contribution is 2.19. The number of fused-ring (bicyclic) bond motifs is 1. The van der Waals surface area contributed by atoms with Crippen LogP contribution in [0.2, 0.25) is 0 Å². The number of carbonyl (C=O) groups is 2. The minimum absolute atomic E-state index is 0.0409. The maximum Gasteiger partial charge on any atom is 0.322 e. The quantitative estimate of drug-likeness (QED) is 0.277. The first kappa shape index (κ1) is 26.9. The van der Waals surface area contributed by atoms with Crippen LogP contribution in [0.15, 0.2) is 79.0 Å². The number of anilines is 1. The molecule has 0 saturated carbocycles. The standard InChI is InChI=1S/C31H36N4O3/c1-23-13-14-27(19-24(23)2)33-31(37)35(17-18-38-3)22-30(36)34(21-25-9-5-4-6-10-25)16-15-26-20-32-29-12-8-7-11-28(26)29/h4-14,19-20,32H,15-18,21-22H2,1-3H3,(H,33,37). The Hall–Kier alpha value is -4.10. The van der Waals surface area contributed by atoms with Gasteiger partial charge in [0.15, 0.2) is 0 Å². The van der Waals surface area contributed by atoms with Crippen LogP contribution in [0.3, 0.4) is 0 Å². The smallest absolute Gasteiger partial charge is 0.322 e. The van der Waals surface area contributed by atoms with E-state index in [1.165, 1.54) is 4.90 Å². The highest BCUT2D eigenvalue weighted by Gasteiger charge is 2.22. The molecular formula is C31H36N4O3. The third-order valence-electron chi connectivity index (χ3n) is 6.83. The molecule has 0 unspecified atom stereocenters. The molecule has 38 heavy (non-hydrogen) atoms. The molecule has 0 radical (unpaired) electrons. The number of nitrogens with one attached hydrogen (secondary N) is 2. The van der Waals surface area contributed by atoms with Crippen LogP contribution in [0.1, 0.15) is 22.3 Å². The van der Waals surface area contributed by atoms with Gasteiger partial charge in [-0.05, 0) is 60.7 Å². The molecule has 1 aromatic heterocycles. The van der Waals surface area contributed by atoms with Crippen molar-refractivity contribution in [2.45, 2.75) is 26.8 Å². The molecule has 0 saturated heterocycles. The molecular weight excluding hydrogens is 476 g/mol. The minimum Gasteiger partial charge on any atom is -0.383 e. The summed E-state index contributed by atoms with van der Waals surface area (Å²) >= 11 is 0. The third-order valence-corrected chi connectivity index (χ3v) is 6.83. The fourth-order valence-corrected chi connectivity index (χ4v) is 4.43. The predicted octanol–water partition coefficient (Wildman–Crippen LogP) is 5.54. The van der Waals surface area contributed by atoms with Gasteiger partial charge in [0.05, 0.1) is 6.61 Å². The van der Waals surface area contributed by atoms with E-state index in [0.717, 1.165) is 33.2 Å². The molecule has 7 heteroatoms. The van der Waals surface area contributed by atoms with E-state index in [2.05, 4.69) is 16.4 Å². The van der Waals surface area contributed by atoms with E-state index >= 15 is 0 Å². The second kappa shape index (κ2) is 12.9. The lowest BCUT2D eigenvalue weighted by atomic mass is 10.1. The Morgan fingerprint density at radius 2 is 1.66 bits per heavy atom. The summed E-state index contributed by atoms with van der Waals surface area (Å²) in [7, 11) is 1.59. The van der Waals surface area contributed by atoms with Crippen LogP contribution >= 0.6 is 0 Å². The van der Waals surface area contributed by atoms with Crippen molar-refractivity contribution in [3.05, 3.63) is 101 Å². The summed E-state index contributed by atoms with van der Waals surface area (Å²) in [6.07, 6.45) is 2.72. The normalized spacial score (nSPS) is 10.9. The Bertz CT molecular complexity index is 1370. The zero-order valence-electron chi connectivity index (χ0n) is 22.4. The molecule has 7 nitrogen and oxygen atoms in total. The number of rotatable bonds is 11. The number of aromatic nitrogens is 1. The van der Waals surface area contributed by atoms with Gasteiger partial charge in [-0.2, -0.15) is 0 Å². The molecule has 0 spiro atoms. The Balaban J connectivity index is 1.49. The summed E-state index contributed by atoms with van der Waals surface area (Å²) in [4.78, 5) is 33.5. The largest absolute Gasteiger partial charge is 0.383 e. The van der Waals surface area contributed by atoms with E-state index in [4.69, 9.17) is 4.74 Å². The van der Waals surface area contributed by atoms with E-state index in [1.54, 1.807) is 7.11 Å². The van der Waals surface area contributed by atoms with E-state index in [9.17, 15) is 9.59 Å². The van der Waals surface area contributed by atoms with Gasteiger partial charge in [0.2, 0.25) is 5.91 Å². The summed E-state index contributed by atoms with van der Waals surface area (Å²) in [5.41, 5.74) is 6.23. The van der Waals surface area contributed by atoms with Crippen molar-refractivity contribution in [1.82, 2.24) is 14.8 Å². The van der Waals surface area contributed by atoms with Gasteiger partial charge in [0, 0.05) is 49.5 Å². The first-order chi connectivity index (χ1) is 18.4. The number of para-hydroxylation sites is 1. The molecule has 0 atom stereocenters. The van der Waals surface area contributed by atoms with Crippen LogP contribution in [-0.4, -0.2) is 60.1 Å². The molecule has 3 amide bonds. The van der Waals surface area contributed by atoms with Gasteiger partial charge in [-0.1, -0.05) is 54.6 Å². The number of carbonyl (C=O) groups excluding carboxylic acids is 2. The molecule has 1 heterocycles. The average Bonchev–Trinajstić information content (AvgIpc) is 3.34. The molecule has 0 bridgehead atoms. The minimum atomic E-state index is -0.324. The number of amides is 3. The van der Waals surface area contributed by atoms with Gasteiger partial charge in [-0.25, -0.2) is 4.79 Å². The summed E-state index contributed by atoms with van der Waals surface area (Å²) < 4.78 is 5.23. The number of hydrogen-bond acceptors (Lipinski definition) is 3. The van der Waals surface area contributed by atoms with Crippen molar-refractivity contribution in [1.29, 1.82) is 0 Å². The SMILES string of the molecule is COCCN(CC(=O)N(CCc1c[nH]c2ccccc12)Cc1ccccc1)C(=O)Nc1ccc(C)c(C)c1. The Morgan fingerprint density at radius 3 is 2.42 bits per heavy atom.